The molecule has 112 valence electrons. The number of hydrogen-bond acceptors (Lipinski definition) is 5. The number of benzene rings is 1. The van der Waals surface area contributed by atoms with Crippen LogP contribution in [0.15, 0.2) is 41.7 Å². The monoisotopic (exact) mass is 290 g/mol. The molecule has 5 nitrogen and oxygen atoms in total. The third-order valence-electron chi connectivity index (χ3n) is 3.38. The van der Waals surface area contributed by atoms with E-state index in [1.54, 1.807) is 13.8 Å². The molecule has 0 radical (unpaired) electrons. The van der Waals surface area contributed by atoms with Crippen molar-refractivity contribution in [2.75, 3.05) is 13.7 Å². The van der Waals surface area contributed by atoms with E-state index in [0.29, 0.717) is 11.3 Å². The van der Waals surface area contributed by atoms with Crippen LogP contribution in [-0.2, 0) is 23.8 Å². The summed E-state index contributed by atoms with van der Waals surface area (Å²) in [4.78, 5) is 24.1. The average Bonchev–Trinajstić information content (AvgIpc) is 2.85. The fraction of sp³-hybridized carbons (Fsp3) is 0.375. The molecule has 2 atom stereocenters. The molecule has 0 spiro atoms. The van der Waals surface area contributed by atoms with Crippen molar-refractivity contribution in [3.05, 3.63) is 47.2 Å². The Kier molecular flexibility index (Phi) is 4.62. The quantitative estimate of drug-likeness (QED) is 0.795. The third-order valence-corrected chi connectivity index (χ3v) is 3.38. The van der Waals surface area contributed by atoms with Crippen molar-refractivity contribution in [2.45, 2.75) is 25.9 Å². The lowest BCUT2D eigenvalue weighted by atomic mass is 9.87. The molecule has 1 heterocycles. The van der Waals surface area contributed by atoms with Crippen LogP contribution in [-0.4, -0.2) is 31.8 Å². The topological polar surface area (TPSA) is 61.8 Å². The van der Waals surface area contributed by atoms with Crippen molar-refractivity contribution in [2.24, 2.45) is 0 Å². The van der Waals surface area contributed by atoms with Crippen LogP contribution < -0.4 is 0 Å². The van der Waals surface area contributed by atoms with E-state index in [2.05, 4.69) is 0 Å². The second-order valence-corrected chi connectivity index (χ2v) is 4.64. The van der Waals surface area contributed by atoms with Gasteiger partial charge in [-0.05, 0) is 19.4 Å². The molecule has 0 saturated carbocycles. The Morgan fingerprint density at radius 3 is 2.48 bits per heavy atom. The molecule has 1 aromatic rings. The zero-order valence-electron chi connectivity index (χ0n) is 12.3. The average molecular weight is 290 g/mol. The standard InChI is InChI=1S/C16H18O5/c1-4-20-16(18)14-13(11-8-6-5-7-9-11)12(10(2)21-14)15(17)19-3/h5-9,13-14H,4H2,1-3H3/t13-,14-/m0/s1. The van der Waals surface area contributed by atoms with Gasteiger partial charge in [0.1, 0.15) is 5.76 Å². The molecule has 0 unspecified atom stereocenters. The minimum absolute atomic E-state index is 0.257. The second kappa shape index (κ2) is 6.43. The van der Waals surface area contributed by atoms with Crippen molar-refractivity contribution < 1.29 is 23.8 Å². The molecule has 1 aliphatic rings. The van der Waals surface area contributed by atoms with Gasteiger partial charge in [-0.15, -0.1) is 0 Å². The first-order chi connectivity index (χ1) is 10.1. The van der Waals surface area contributed by atoms with Gasteiger partial charge in [0.2, 0.25) is 6.10 Å². The van der Waals surface area contributed by atoms with Gasteiger partial charge in [0, 0.05) is 0 Å². The highest BCUT2D eigenvalue weighted by Crippen LogP contribution is 2.40. The Balaban J connectivity index is 2.43. The highest BCUT2D eigenvalue weighted by Gasteiger charge is 2.45. The Morgan fingerprint density at radius 1 is 1.24 bits per heavy atom. The van der Waals surface area contributed by atoms with Crippen LogP contribution in [0.3, 0.4) is 0 Å². The van der Waals surface area contributed by atoms with E-state index in [0.717, 1.165) is 5.56 Å². The number of methoxy groups -OCH3 is 1. The van der Waals surface area contributed by atoms with E-state index < -0.39 is 24.0 Å². The molecule has 1 aliphatic heterocycles. The van der Waals surface area contributed by atoms with Gasteiger partial charge in [-0.1, -0.05) is 30.3 Å². The second-order valence-electron chi connectivity index (χ2n) is 4.64. The Hall–Kier alpha value is -2.30. The fourth-order valence-electron chi connectivity index (χ4n) is 2.48. The summed E-state index contributed by atoms with van der Waals surface area (Å²) >= 11 is 0. The largest absolute Gasteiger partial charge is 0.482 e. The van der Waals surface area contributed by atoms with Gasteiger partial charge in [-0.25, -0.2) is 9.59 Å². The highest BCUT2D eigenvalue weighted by molar-refractivity contribution is 5.94. The van der Waals surface area contributed by atoms with E-state index in [4.69, 9.17) is 14.2 Å². The number of ether oxygens (including phenoxy) is 3. The van der Waals surface area contributed by atoms with E-state index in [1.807, 2.05) is 30.3 Å². The first-order valence-corrected chi connectivity index (χ1v) is 6.77. The smallest absolute Gasteiger partial charge is 0.348 e. The van der Waals surface area contributed by atoms with Crippen molar-refractivity contribution >= 4 is 11.9 Å². The number of hydrogen-bond donors (Lipinski definition) is 0. The zero-order chi connectivity index (χ0) is 15.4. The van der Waals surface area contributed by atoms with Crippen LogP contribution >= 0.6 is 0 Å². The molecule has 5 heteroatoms. The molecule has 2 rings (SSSR count). The maximum absolute atomic E-state index is 12.1. The van der Waals surface area contributed by atoms with Crippen LogP contribution in [0.1, 0.15) is 25.3 Å². The molecule has 0 fully saturated rings. The summed E-state index contributed by atoms with van der Waals surface area (Å²) in [7, 11) is 1.31. The maximum Gasteiger partial charge on any atom is 0.348 e. The van der Waals surface area contributed by atoms with E-state index in [9.17, 15) is 9.59 Å². The summed E-state index contributed by atoms with van der Waals surface area (Å²) in [6.07, 6.45) is -0.860. The van der Waals surface area contributed by atoms with E-state index >= 15 is 0 Å². The van der Waals surface area contributed by atoms with Crippen LogP contribution in [0.4, 0.5) is 0 Å². The normalized spacial score (nSPS) is 20.9. The lowest BCUT2D eigenvalue weighted by molar-refractivity contribution is -0.153. The number of carbonyl (C=O) groups is 2. The summed E-state index contributed by atoms with van der Waals surface area (Å²) in [5.74, 6) is -1.09. The van der Waals surface area contributed by atoms with Gasteiger partial charge in [-0.3, -0.25) is 0 Å². The Morgan fingerprint density at radius 2 is 1.90 bits per heavy atom. The zero-order valence-corrected chi connectivity index (χ0v) is 12.3. The minimum atomic E-state index is -0.860. The summed E-state index contributed by atoms with van der Waals surface area (Å²) in [5.41, 5.74) is 1.18. The number of carbonyl (C=O) groups excluding carboxylic acids is 2. The van der Waals surface area contributed by atoms with Crippen LogP contribution in [0.5, 0.6) is 0 Å². The number of esters is 2. The highest BCUT2D eigenvalue weighted by atomic mass is 16.6. The molecule has 1 aromatic carbocycles. The van der Waals surface area contributed by atoms with Crippen LogP contribution in [0, 0.1) is 0 Å². The first-order valence-electron chi connectivity index (χ1n) is 6.77. The van der Waals surface area contributed by atoms with Gasteiger partial charge < -0.3 is 14.2 Å². The molecular formula is C16H18O5. The third kappa shape index (κ3) is 2.91. The number of allylic oxidation sites excluding steroid dienone is 1. The Labute approximate surface area is 123 Å². The van der Waals surface area contributed by atoms with Gasteiger partial charge in [0.05, 0.1) is 25.2 Å². The Bertz CT molecular complexity index is 561. The summed E-state index contributed by atoms with van der Waals surface area (Å²) in [5, 5.41) is 0. The first kappa shape index (κ1) is 15.1. The molecular weight excluding hydrogens is 272 g/mol. The SMILES string of the molecule is CCOC(=O)[C@H]1OC(C)=C(C(=O)OC)[C@@H]1c1ccccc1. The van der Waals surface area contributed by atoms with E-state index in [1.165, 1.54) is 7.11 Å². The molecule has 0 bridgehead atoms. The summed E-state index contributed by atoms with van der Waals surface area (Å²) < 4.78 is 15.4. The van der Waals surface area contributed by atoms with Gasteiger partial charge in [0.15, 0.2) is 0 Å². The van der Waals surface area contributed by atoms with Crippen molar-refractivity contribution in [1.82, 2.24) is 0 Å². The minimum Gasteiger partial charge on any atom is -0.482 e. The lowest BCUT2D eigenvalue weighted by Crippen LogP contribution is -2.30. The molecule has 0 saturated heterocycles. The van der Waals surface area contributed by atoms with Gasteiger partial charge in [-0.2, -0.15) is 0 Å². The van der Waals surface area contributed by atoms with Crippen molar-refractivity contribution in [3.63, 3.8) is 0 Å². The summed E-state index contributed by atoms with van der Waals surface area (Å²) in [6, 6.07) is 9.26. The molecule has 0 aliphatic carbocycles. The molecule has 0 aromatic heterocycles. The predicted octanol–water partition coefficient (Wildman–Crippen LogP) is 2.18. The molecule has 21 heavy (non-hydrogen) atoms. The lowest BCUT2D eigenvalue weighted by Gasteiger charge is -2.19. The summed E-state index contributed by atoms with van der Waals surface area (Å²) in [6.45, 7) is 3.64. The van der Waals surface area contributed by atoms with Crippen LogP contribution in [0.2, 0.25) is 0 Å². The van der Waals surface area contributed by atoms with Gasteiger partial charge >= 0.3 is 11.9 Å². The van der Waals surface area contributed by atoms with E-state index in [-0.39, 0.29) is 6.61 Å². The maximum atomic E-state index is 12.1. The molecule has 0 amide bonds. The molecule has 0 N–H and O–H groups in total. The van der Waals surface area contributed by atoms with Crippen molar-refractivity contribution in [1.29, 1.82) is 0 Å². The van der Waals surface area contributed by atoms with Gasteiger partial charge in [0.25, 0.3) is 0 Å². The fourth-order valence-corrected chi connectivity index (χ4v) is 2.48. The van der Waals surface area contributed by atoms with Crippen LogP contribution in [0.25, 0.3) is 0 Å². The number of rotatable bonds is 4. The predicted molar refractivity (Wildman–Crippen MR) is 75.4 cm³/mol. The van der Waals surface area contributed by atoms with Crippen molar-refractivity contribution in [3.8, 4) is 0 Å².